The Kier molecular flexibility index (Phi) is 6.50. The summed E-state index contributed by atoms with van der Waals surface area (Å²) in [5, 5.41) is 2.96. The number of ether oxygens (including phenoxy) is 1. The van der Waals surface area contributed by atoms with Gasteiger partial charge in [-0.15, -0.1) is 0 Å². The molecule has 1 fully saturated rings. The second-order valence-electron chi connectivity index (χ2n) is 7.88. The zero-order valence-electron chi connectivity index (χ0n) is 17.8. The molecule has 0 unspecified atom stereocenters. The molecule has 0 saturated carbocycles. The highest BCUT2D eigenvalue weighted by atomic mass is 19.1. The number of halogens is 1. The van der Waals surface area contributed by atoms with Gasteiger partial charge in [0, 0.05) is 31.1 Å². The summed E-state index contributed by atoms with van der Waals surface area (Å²) < 4.78 is 18.7. The van der Waals surface area contributed by atoms with Crippen LogP contribution in [0.15, 0.2) is 78.9 Å². The Morgan fingerprint density at radius 2 is 1.66 bits per heavy atom. The molecule has 2 amide bonds. The van der Waals surface area contributed by atoms with Crippen LogP contribution in [0.3, 0.4) is 0 Å². The minimum absolute atomic E-state index is 0.0978. The molecule has 1 aliphatic heterocycles. The summed E-state index contributed by atoms with van der Waals surface area (Å²) in [7, 11) is 1.60. The van der Waals surface area contributed by atoms with Gasteiger partial charge in [-0.2, -0.15) is 0 Å². The van der Waals surface area contributed by atoms with Gasteiger partial charge in [-0.25, -0.2) is 4.39 Å². The van der Waals surface area contributed by atoms with Crippen LogP contribution in [-0.2, 0) is 11.3 Å². The Balaban J connectivity index is 1.57. The predicted octanol–water partition coefficient (Wildman–Crippen LogP) is 4.01. The fraction of sp³-hybridized carbons (Fsp3) is 0.231. The zero-order valence-corrected chi connectivity index (χ0v) is 17.8. The van der Waals surface area contributed by atoms with E-state index in [0.717, 1.165) is 11.1 Å². The molecule has 0 aliphatic carbocycles. The first-order valence-corrected chi connectivity index (χ1v) is 10.6. The summed E-state index contributed by atoms with van der Waals surface area (Å²) in [4.78, 5) is 28.0. The van der Waals surface area contributed by atoms with Crippen LogP contribution in [0.4, 0.5) is 4.39 Å². The third-order valence-corrected chi connectivity index (χ3v) is 5.88. The molecule has 4 rings (SSSR count). The van der Waals surface area contributed by atoms with E-state index in [0.29, 0.717) is 30.9 Å². The minimum Gasteiger partial charge on any atom is -0.496 e. The van der Waals surface area contributed by atoms with Crippen molar-refractivity contribution in [1.29, 1.82) is 0 Å². The molecule has 1 aliphatic rings. The van der Waals surface area contributed by atoms with Crippen molar-refractivity contribution >= 4 is 11.8 Å². The molecule has 6 heteroatoms. The highest BCUT2D eigenvalue weighted by molar-refractivity contribution is 5.95. The van der Waals surface area contributed by atoms with Crippen LogP contribution in [0.1, 0.15) is 27.4 Å². The SMILES string of the molecule is COc1ccccc1[C@@H]1CN(C(=O)c2ccccc2)C[C@@H]1C(=O)NCc1ccc(F)cc1. The molecule has 1 heterocycles. The number of methoxy groups -OCH3 is 1. The van der Waals surface area contributed by atoms with Crippen LogP contribution in [0, 0.1) is 11.7 Å². The maximum atomic E-state index is 13.2. The van der Waals surface area contributed by atoms with Gasteiger partial charge in [-0.3, -0.25) is 9.59 Å². The number of benzene rings is 3. The quantitative estimate of drug-likeness (QED) is 0.640. The van der Waals surface area contributed by atoms with Crippen molar-refractivity contribution in [2.24, 2.45) is 5.92 Å². The van der Waals surface area contributed by atoms with E-state index in [1.165, 1.54) is 12.1 Å². The summed E-state index contributed by atoms with van der Waals surface area (Å²) in [6.45, 7) is 1.02. The van der Waals surface area contributed by atoms with Crippen LogP contribution < -0.4 is 10.1 Å². The van der Waals surface area contributed by atoms with E-state index in [-0.39, 0.29) is 23.5 Å². The third kappa shape index (κ3) is 4.64. The van der Waals surface area contributed by atoms with Gasteiger partial charge >= 0.3 is 0 Å². The van der Waals surface area contributed by atoms with Crippen molar-refractivity contribution in [3.8, 4) is 5.75 Å². The summed E-state index contributed by atoms with van der Waals surface area (Å²) in [6, 6.07) is 22.7. The maximum Gasteiger partial charge on any atom is 0.253 e. The number of likely N-dealkylation sites (tertiary alicyclic amines) is 1. The average molecular weight is 432 g/mol. The minimum atomic E-state index is -0.431. The lowest BCUT2D eigenvalue weighted by Gasteiger charge is -2.20. The van der Waals surface area contributed by atoms with Crippen LogP contribution >= 0.6 is 0 Å². The fourth-order valence-corrected chi connectivity index (χ4v) is 4.21. The Morgan fingerprint density at radius 3 is 2.38 bits per heavy atom. The van der Waals surface area contributed by atoms with E-state index in [4.69, 9.17) is 4.74 Å². The number of hydrogen-bond donors (Lipinski definition) is 1. The number of amides is 2. The molecule has 2 atom stereocenters. The van der Waals surface area contributed by atoms with Gasteiger partial charge in [0.25, 0.3) is 5.91 Å². The van der Waals surface area contributed by atoms with Crippen LogP contribution in [-0.4, -0.2) is 36.9 Å². The number of nitrogens with one attached hydrogen (secondary N) is 1. The Morgan fingerprint density at radius 1 is 0.969 bits per heavy atom. The van der Waals surface area contributed by atoms with Gasteiger partial charge in [0.05, 0.1) is 13.0 Å². The fourth-order valence-electron chi connectivity index (χ4n) is 4.21. The summed E-state index contributed by atoms with van der Waals surface area (Å²) in [5.41, 5.74) is 2.31. The van der Waals surface area contributed by atoms with E-state index in [2.05, 4.69) is 5.32 Å². The van der Waals surface area contributed by atoms with Crippen LogP contribution in [0.2, 0.25) is 0 Å². The molecular formula is C26H25FN2O3. The van der Waals surface area contributed by atoms with E-state index < -0.39 is 5.92 Å². The molecule has 1 N–H and O–H groups in total. The lowest BCUT2D eigenvalue weighted by Crippen LogP contribution is -2.35. The topological polar surface area (TPSA) is 58.6 Å². The standard InChI is InChI=1S/C26H25FN2O3/c1-32-24-10-6-5-9-21(24)22-16-29(26(31)19-7-3-2-4-8-19)17-23(22)25(30)28-15-18-11-13-20(27)14-12-18/h2-14,22-23H,15-17H2,1H3,(H,28,30)/t22-,23-/m0/s1. The molecular weight excluding hydrogens is 407 g/mol. The van der Waals surface area contributed by atoms with Crippen LogP contribution in [0.25, 0.3) is 0 Å². The van der Waals surface area contributed by atoms with Crippen molar-refractivity contribution in [1.82, 2.24) is 10.2 Å². The molecule has 32 heavy (non-hydrogen) atoms. The van der Waals surface area contributed by atoms with Crippen molar-refractivity contribution in [3.63, 3.8) is 0 Å². The van der Waals surface area contributed by atoms with Crippen LogP contribution in [0.5, 0.6) is 5.75 Å². The number of carbonyl (C=O) groups excluding carboxylic acids is 2. The lowest BCUT2D eigenvalue weighted by atomic mass is 9.87. The predicted molar refractivity (Wildman–Crippen MR) is 120 cm³/mol. The molecule has 0 bridgehead atoms. The van der Waals surface area contributed by atoms with Crippen molar-refractivity contribution in [2.45, 2.75) is 12.5 Å². The zero-order chi connectivity index (χ0) is 22.5. The van der Waals surface area contributed by atoms with Gasteiger partial charge in [0.2, 0.25) is 5.91 Å². The highest BCUT2D eigenvalue weighted by Crippen LogP contribution is 2.38. The average Bonchev–Trinajstić information content (AvgIpc) is 3.29. The molecule has 0 spiro atoms. The molecule has 0 aromatic heterocycles. The molecule has 1 saturated heterocycles. The molecule has 3 aromatic rings. The summed E-state index contributed by atoms with van der Waals surface area (Å²) in [6.07, 6.45) is 0. The van der Waals surface area contributed by atoms with Gasteiger partial charge in [0.1, 0.15) is 11.6 Å². The second kappa shape index (κ2) is 9.64. The Labute approximate surface area is 186 Å². The number of nitrogens with zero attached hydrogens (tertiary/aromatic N) is 1. The largest absolute Gasteiger partial charge is 0.496 e. The number of rotatable bonds is 6. The smallest absolute Gasteiger partial charge is 0.253 e. The van der Waals surface area contributed by atoms with E-state index >= 15 is 0 Å². The van der Waals surface area contributed by atoms with Gasteiger partial charge in [0.15, 0.2) is 0 Å². The lowest BCUT2D eigenvalue weighted by molar-refractivity contribution is -0.125. The Bertz CT molecular complexity index is 1090. The first-order valence-electron chi connectivity index (χ1n) is 10.6. The first kappa shape index (κ1) is 21.6. The monoisotopic (exact) mass is 432 g/mol. The highest BCUT2D eigenvalue weighted by Gasteiger charge is 2.41. The number of para-hydroxylation sites is 1. The molecule has 3 aromatic carbocycles. The maximum absolute atomic E-state index is 13.2. The summed E-state index contributed by atoms with van der Waals surface area (Å²) in [5.74, 6) is -0.496. The third-order valence-electron chi connectivity index (χ3n) is 5.88. The van der Waals surface area contributed by atoms with E-state index in [1.807, 2.05) is 42.5 Å². The Hall–Kier alpha value is -3.67. The van der Waals surface area contributed by atoms with Crippen molar-refractivity contribution in [2.75, 3.05) is 20.2 Å². The van der Waals surface area contributed by atoms with Crippen molar-refractivity contribution < 1.29 is 18.7 Å². The number of carbonyl (C=O) groups is 2. The second-order valence-corrected chi connectivity index (χ2v) is 7.88. The molecule has 0 radical (unpaired) electrons. The normalized spacial score (nSPS) is 17.8. The molecule has 5 nitrogen and oxygen atoms in total. The van der Waals surface area contributed by atoms with Gasteiger partial charge < -0.3 is 15.0 Å². The molecule has 164 valence electrons. The summed E-state index contributed by atoms with van der Waals surface area (Å²) >= 11 is 0. The first-order chi connectivity index (χ1) is 15.6. The number of hydrogen-bond acceptors (Lipinski definition) is 3. The van der Waals surface area contributed by atoms with Gasteiger partial charge in [-0.1, -0.05) is 48.5 Å². The van der Waals surface area contributed by atoms with Gasteiger partial charge in [-0.05, 0) is 41.5 Å². The van der Waals surface area contributed by atoms with E-state index in [1.54, 1.807) is 36.3 Å². The van der Waals surface area contributed by atoms with Crippen molar-refractivity contribution in [3.05, 3.63) is 101 Å². The van der Waals surface area contributed by atoms with E-state index in [9.17, 15) is 14.0 Å².